The molecule has 0 saturated heterocycles. The number of sulfonamides is 1. The first-order valence-corrected chi connectivity index (χ1v) is 10.6. The minimum atomic E-state index is -3.55. The third-order valence-electron chi connectivity index (χ3n) is 5.10. The summed E-state index contributed by atoms with van der Waals surface area (Å²) in [7, 11) is -3.55. The van der Waals surface area contributed by atoms with Gasteiger partial charge < -0.3 is 4.90 Å². The highest BCUT2D eigenvalue weighted by Crippen LogP contribution is 2.22. The Labute approximate surface area is 151 Å². The van der Waals surface area contributed by atoms with Crippen molar-refractivity contribution in [2.45, 2.75) is 70.2 Å². The number of hydrogen-bond acceptors (Lipinski definition) is 3. The molecule has 1 aromatic carbocycles. The van der Waals surface area contributed by atoms with Crippen LogP contribution < -0.4 is 4.72 Å². The van der Waals surface area contributed by atoms with Gasteiger partial charge in [0.15, 0.2) is 0 Å². The predicted molar refractivity (Wildman–Crippen MR) is 100.0 cm³/mol. The lowest BCUT2D eigenvalue weighted by Crippen LogP contribution is -2.43. The van der Waals surface area contributed by atoms with E-state index >= 15 is 0 Å². The summed E-state index contributed by atoms with van der Waals surface area (Å²) in [5.74, 6) is 0.0253. The molecule has 1 aromatic rings. The monoisotopic (exact) mass is 366 g/mol. The summed E-state index contributed by atoms with van der Waals surface area (Å²) in [6, 6.07) is 5.37. The Hall–Kier alpha value is -1.40. The number of carbonyl (C=O) groups is 1. The van der Waals surface area contributed by atoms with Crippen molar-refractivity contribution in [3.63, 3.8) is 0 Å². The van der Waals surface area contributed by atoms with E-state index in [1.54, 1.807) is 19.1 Å². The van der Waals surface area contributed by atoms with Crippen LogP contribution in [0.4, 0.5) is 0 Å². The SMILES string of the molecule is CC(=O)N(CCNS(=O)(=O)c1ccc(C)c(C)c1)C1CCCCCC1. The minimum Gasteiger partial charge on any atom is -0.339 e. The van der Waals surface area contributed by atoms with Gasteiger partial charge in [0.2, 0.25) is 15.9 Å². The van der Waals surface area contributed by atoms with Gasteiger partial charge in [-0.2, -0.15) is 0 Å². The first-order valence-electron chi connectivity index (χ1n) is 9.15. The maximum Gasteiger partial charge on any atom is 0.240 e. The van der Waals surface area contributed by atoms with Gasteiger partial charge in [-0.1, -0.05) is 31.7 Å². The number of nitrogens with zero attached hydrogens (tertiary/aromatic N) is 1. The summed E-state index contributed by atoms with van der Waals surface area (Å²) in [6.45, 7) is 6.09. The van der Waals surface area contributed by atoms with E-state index in [4.69, 9.17) is 0 Å². The molecule has 1 fully saturated rings. The molecule has 1 N–H and O–H groups in total. The van der Waals surface area contributed by atoms with Crippen molar-refractivity contribution in [2.75, 3.05) is 13.1 Å². The molecular weight excluding hydrogens is 336 g/mol. The zero-order chi connectivity index (χ0) is 18.4. The molecule has 0 spiro atoms. The standard InChI is InChI=1S/C19H30N2O3S/c1-15-10-11-19(14-16(15)2)25(23,24)20-12-13-21(17(3)22)18-8-6-4-5-7-9-18/h10-11,14,18,20H,4-9,12-13H2,1-3H3. The highest BCUT2D eigenvalue weighted by Gasteiger charge is 2.23. The van der Waals surface area contributed by atoms with Crippen molar-refractivity contribution < 1.29 is 13.2 Å². The van der Waals surface area contributed by atoms with E-state index in [0.29, 0.717) is 6.54 Å². The van der Waals surface area contributed by atoms with E-state index in [1.807, 2.05) is 24.8 Å². The average molecular weight is 367 g/mol. The third kappa shape index (κ3) is 5.54. The largest absolute Gasteiger partial charge is 0.339 e. The number of benzene rings is 1. The van der Waals surface area contributed by atoms with Crippen LogP contribution in [0.2, 0.25) is 0 Å². The van der Waals surface area contributed by atoms with Crippen LogP contribution in [0.3, 0.4) is 0 Å². The first kappa shape index (κ1) is 19.9. The fourth-order valence-electron chi connectivity index (χ4n) is 3.43. The van der Waals surface area contributed by atoms with Gasteiger partial charge in [0.1, 0.15) is 0 Å². The third-order valence-corrected chi connectivity index (χ3v) is 6.56. The van der Waals surface area contributed by atoms with Gasteiger partial charge in [-0.05, 0) is 49.9 Å². The molecule has 0 heterocycles. The molecule has 25 heavy (non-hydrogen) atoms. The Bertz CT molecular complexity index is 693. The number of hydrogen-bond donors (Lipinski definition) is 1. The normalized spacial score (nSPS) is 16.4. The van der Waals surface area contributed by atoms with Gasteiger partial charge in [0.05, 0.1) is 4.90 Å². The van der Waals surface area contributed by atoms with E-state index < -0.39 is 10.0 Å². The highest BCUT2D eigenvalue weighted by atomic mass is 32.2. The van der Waals surface area contributed by atoms with Crippen molar-refractivity contribution in [3.8, 4) is 0 Å². The van der Waals surface area contributed by atoms with Crippen LogP contribution in [0.1, 0.15) is 56.6 Å². The van der Waals surface area contributed by atoms with Crippen molar-refractivity contribution in [2.24, 2.45) is 0 Å². The lowest BCUT2D eigenvalue weighted by atomic mass is 10.1. The molecule has 0 aliphatic heterocycles. The topological polar surface area (TPSA) is 66.5 Å². The zero-order valence-electron chi connectivity index (χ0n) is 15.5. The maximum absolute atomic E-state index is 12.5. The number of aryl methyl sites for hydroxylation is 2. The van der Waals surface area contributed by atoms with E-state index in [2.05, 4.69) is 4.72 Å². The van der Waals surface area contributed by atoms with Gasteiger partial charge in [-0.15, -0.1) is 0 Å². The summed E-state index contributed by atoms with van der Waals surface area (Å²) in [5, 5.41) is 0. The molecular formula is C19H30N2O3S. The van der Waals surface area contributed by atoms with Crippen molar-refractivity contribution in [3.05, 3.63) is 29.3 Å². The van der Waals surface area contributed by atoms with Gasteiger partial charge in [-0.25, -0.2) is 13.1 Å². The van der Waals surface area contributed by atoms with Crippen LogP contribution in [-0.2, 0) is 14.8 Å². The fourth-order valence-corrected chi connectivity index (χ4v) is 4.54. The average Bonchev–Trinajstić information content (AvgIpc) is 2.82. The second kappa shape index (κ2) is 8.81. The molecule has 1 aliphatic rings. The van der Waals surface area contributed by atoms with E-state index in [9.17, 15) is 13.2 Å². The summed E-state index contributed by atoms with van der Waals surface area (Å²) in [6.07, 6.45) is 6.77. The molecule has 6 heteroatoms. The lowest BCUT2D eigenvalue weighted by molar-refractivity contribution is -0.131. The molecule has 0 aromatic heterocycles. The summed E-state index contributed by atoms with van der Waals surface area (Å²) in [5.41, 5.74) is 2.02. The molecule has 2 rings (SSSR count). The van der Waals surface area contributed by atoms with Crippen LogP contribution in [0, 0.1) is 13.8 Å². The molecule has 1 saturated carbocycles. The second-order valence-electron chi connectivity index (χ2n) is 7.00. The summed E-state index contributed by atoms with van der Waals surface area (Å²) in [4.78, 5) is 14.1. The van der Waals surface area contributed by atoms with Crippen LogP contribution in [0.5, 0.6) is 0 Å². The predicted octanol–water partition coefficient (Wildman–Crippen LogP) is 3.15. The maximum atomic E-state index is 12.5. The smallest absolute Gasteiger partial charge is 0.240 e. The molecule has 1 amide bonds. The number of amides is 1. The molecule has 0 atom stereocenters. The molecule has 0 radical (unpaired) electrons. The molecule has 1 aliphatic carbocycles. The molecule has 5 nitrogen and oxygen atoms in total. The Morgan fingerprint density at radius 2 is 1.76 bits per heavy atom. The van der Waals surface area contributed by atoms with Gasteiger partial charge >= 0.3 is 0 Å². The number of rotatable bonds is 6. The summed E-state index contributed by atoms with van der Waals surface area (Å²) >= 11 is 0. The minimum absolute atomic E-state index is 0.0253. The lowest BCUT2D eigenvalue weighted by Gasteiger charge is -2.30. The highest BCUT2D eigenvalue weighted by molar-refractivity contribution is 7.89. The van der Waals surface area contributed by atoms with E-state index in [0.717, 1.165) is 36.8 Å². The van der Waals surface area contributed by atoms with E-state index in [1.165, 1.54) is 12.8 Å². The Balaban J connectivity index is 1.98. The number of carbonyl (C=O) groups excluding carboxylic acids is 1. The molecule has 140 valence electrons. The number of nitrogens with one attached hydrogen (secondary N) is 1. The van der Waals surface area contributed by atoms with Crippen molar-refractivity contribution >= 4 is 15.9 Å². The van der Waals surface area contributed by atoms with Gasteiger partial charge in [0.25, 0.3) is 0 Å². The second-order valence-corrected chi connectivity index (χ2v) is 8.77. The Kier molecular flexibility index (Phi) is 7.02. The van der Waals surface area contributed by atoms with E-state index in [-0.39, 0.29) is 23.4 Å². The van der Waals surface area contributed by atoms with Crippen molar-refractivity contribution in [1.29, 1.82) is 0 Å². The molecule has 0 bridgehead atoms. The summed E-state index contributed by atoms with van der Waals surface area (Å²) < 4.78 is 27.6. The van der Waals surface area contributed by atoms with Crippen LogP contribution in [0.25, 0.3) is 0 Å². The Morgan fingerprint density at radius 3 is 2.32 bits per heavy atom. The zero-order valence-corrected chi connectivity index (χ0v) is 16.4. The van der Waals surface area contributed by atoms with Crippen LogP contribution in [-0.4, -0.2) is 38.4 Å². The Morgan fingerprint density at radius 1 is 1.12 bits per heavy atom. The van der Waals surface area contributed by atoms with Crippen LogP contribution >= 0.6 is 0 Å². The quantitative estimate of drug-likeness (QED) is 0.787. The molecule has 0 unspecified atom stereocenters. The first-order chi connectivity index (χ1) is 11.8. The fraction of sp³-hybridized carbons (Fsp3) is 0.632. The van der Waals surface area contributed by atoms with Crippen molar-refractivity contribution in [1.82, 2.24) is 9.62 Å². The van der Waals surface area contributed by atoms with Gasteiger partial charge in [0, 0.05) is 26.1 Å². The van der Waals surface area contributed by atoms with Crippen LogP contribution in [0.15, 0.2) is 23.1 Å². The van der Waals surface area contributed by atoms with Gasteiger partial charge in [-0.3, -0.25) is 4.79 Å².